The van der Waals surface area contributed by atoms with Gasteiger partial charge in [-0.05, 0) is 44.2 Å². The van der Waals surface area contributed by atoms with Gasteiger partial charge in [0.05, 0.1) is 0 Å². The van der Waals surface area contributed by atoms with Crippen LogP contribution in [0.2, 0.25) is 0 Å². The van der Waals surface area contributed by atoms with Gasteiger partial charge in [0.1, 0.15) is 0 Å². The van der Waals surface area contributed by atoms with Gasteiger partial charge in [-0.25, -0.2) is 0 Å². The standard InChI is InChI=1S/C13H25NO/c15-11-13-7-9-14(10-13)8-3-6-12-4-1-2-5-12/h12-13,15H,1-11H2/t13-/m1/s1. The molecule has 0 aromatic carbocycles. The van der Waals surface area contributed by atoms with Gasteiger partial charge in [0.25, 0.3) is 0 Å². The minimum absolute atomic E-state index is 0.388. The molecule has 1 N–H and O–H groups in total. The Labute approximate surface area is 93.7 Å². The number of hydrogen-bond acceptors (Lipinski definition) is 2. The summed E-state index contributed by atoms with van der Waals surface area (Å²) in [6, 6.07) is 0. The summed E-state index contributed by atoms with van der Waals surface area (Å²) < 4.78 is 0. The van der Waals surface area contributed by atoms with E-state index in [0.717, 1.165) is 12.5 Å². The molecule has 2 fully saturated rings. The van der Waals surface area contributed by atoms with Crippen molar-refractivity contribution in [1.29, 1.82) is 0 Å². The highest BCUT2D eigenvalue weighted by atomic mass is 16.3. The zero-order chi connectivity index (χ0) is 10.5. The number of hydrogen-bond donors (Lipinski definition) is 1. The molecule has 1 aliphatic heterocycles. The highest BCUT2D eigenvalue weighted by molar-refractivity contribution is 4.75. The Hall–Kier alpha value is -0.0800. The first-order valence-corrected chi connectivity index (χ1v) is 6.71. The average Bonchev–Trinajstić information content (AvgIpc) is 2.88. The van der Waals surface area contributed by atoms with Crippen molar-refractivity contribution in [3.8, 4) is 0 Å². The lowest BCUT2D eigenvalue weighted by atomic mass is 10.0. The summed E-state index contributed by atoms with van der Waals surface area (Å²) in [5.41, 5.74) is 0. The predicted molar refractivity (Wildman–Crippen MR) is 62.8 cm³/mol. The van der Waals surface area contributed by atoms with E-state index in [0.29, 0.717) is 12.5 Å². The maximum atomic E-state index is 9.06. The quantitative estimate of drug-likeness (QED) is 0.754. The van der Waals surface area contributed by atoms with E-state index in [1.807, 2.05) is 0 Å². The van der Waals surface area contributed by atoms with Crippen LogP contribution in [0.15, 0.2) is 0 Å². The third kappa shape index (κ3) is 3.46. The van der Waals surface area contributed by atoms with Crippen molar-refractivity contribution in [2.75, 3.05) is 26.2 Å². The lowest BCUT2D eigenvalue weighted by molar-refractivity contribution is 0.220. The second-order valence-electron chi connectivity index (χ2n) is 5.43. The summed E-state index contributed by atoms with van der Waals surface area (Å²) in [6.07, 6.45) is 9.95. The second kappa shape index (κ2) is 5.86. The van der Waals surface area contributed by atoms with E-state index in [1.54, 1.807) is 0 Å². The Morgan fingerprint density at radius 3 is 2.53 bits per heavy atom. The molecule has 1 saturated carbocycles. The predicted octanol–water partition coefficient (Wildman–Crippen LogP) is 2.27. The summed E-state index contributed by atoms with van der Waals surface area (Å²) in [4.78, 5) is 2.54. The smallest absolute Gasteiger partial charge is 0.0471 e. The molecule has 2 aliphatic rings. The zero-order valence-electron chi connectivity index (χ0n) is 9.83. The number of aliphatic hydroxyl groups is 1. The molecule has 0 unspecified atom stereocenters. The van der Waals surface area contributed by atoms with Gasteiger partial charge in [0, 0.05) is 13.2 Å². The molecular formula is C13H25NO. The summed E-state index contributed by atoms with van der Waals surface area (Å²) in [7, 11) is 0. The van der Waals surface area contributed by atoms with Crippen molar-refractivity contribution < 1.29 is 5.11 Å². The van der Waals surface area contributed by atoms with Gasteiger partial charge in [-0.1, -0.05) is 25.7 Å². The molecule has 1 heterocycles. The minimum atomic E-state index is 0.388. The third-order valence-electron chi connectivity index (χ3n) is 4.19. The number of rotatable bonds is 5. The van der Waals surface area contributed by atoms with Crippen LogP contribution in [0.5, 0.6) is 0 Å². The van der Waals surface area contributed by atoms with E-state index in [1.165, 1.54) is 58.0 Å². The number of aliphatic hydroxyl groups excluding tert-OH is 1. The van der Waals surface area contributed by atoms with Crippen molar-refractivity contribution >= 4 is 0 Å². The van der Waals surface area contributed by atoms with E-state index in [4.69, 9.17) is 5.11 Å². The molecule has 88 valence electrons. The summed E-state index contributed by atoms with van der Waals surface area (Å²) in [5.74, 6) is 1.61. The first-order valence-electron chi connectivity index (χ1n) is 6.71. The van der Waals surface area contributed by atoms with E-state index in [2.05, 4.69) is 4.90 Å². The number of likely N-dealkylation sites (tertiary alicyclic amines) is 1. The van der Waals surface area contributed by atoms with Gasteiger partial charge in [-0.15, -0.1) is 0 Å². The third-order valence-corrected chi connectivity index (χ3v) is 4.19. The van der Waals surface area contributed by atoms with Crippen molar-refractivity contribution in [3.05, 3.63) is 0 Å². The molecule has 2 nitrogen and oxygen atoms in total. The van der Waals surface area contributed by atoms with E-state index >= 15 is 0 Å². The Balaban J connectivity index is 1.54. The van der Waals surface area contributed by atoms with E-state index < -0.39 is 0 Å². The largest absolute Gasteiger partial charge is 0.396 e. The van der Waals surface area contributed by atoms with Crippen LogP contribution in [0.25, 0.3) is 0 Å². The Bertz CT molecular complexity index is 177. The van der Waals surface area contributed by atoms with E-state index in [-0.39, 0.29) is 0 Å². The zero-order valence-corrected chi connectivity index (χ0v) is 9.83. The molecule has 0 spiro atoms. The van der Waals surface area contributed by atoms with Crippen LogP contribution in [-0.4, -0.2) is 36.2 Å². The molecule has 0 aromatic heterocycles. The van der Waals surface area contributed by atoms with Gasteiger partial charge < -0.3 is 10.0 Å². The van der Waals surface area contributed by atoms with Gasteiger partial charge in [0.2, 0.25) is 0 Å². The van der Waals surface area contributed by atoms with Crippen molar-refractivity contribution in [2.45, 2.75) is 44.9 Å². The summed E-state index contributed by atoms with van der Waals surface area (Å²) in [6.45, 7) is 4.02. The monoisotopic (exact) mass is 211 g/mol. The van der Waals surface area contributed by atoms with Crippen LogP contribution < -0.4 is 0 Å². The first kappa shape index (κ1) is 11.4. The average molecular weight is 211 g/mol. The lowest BCUT2D eigenvalue weighted by Gasteiger charge is -2.16. The van der Waals surface area contributed by atoms with Gasteiger partial charge in [0.15, 0.2) is 0 Å². The fraction of sp³-hybridized carbons (Fsp3) is 1.00. The van der Waals surface area contributed by atoms with Crippen LogP contribution in [0, 0.1) is 11.8 Å². The Kier molecular flexibility index (Phi) is 4.45. The Morgan fingerprint density at radius 2 is 1.87 bits per heavy atom. The maximum Gasteiger partial charge on any atom is 0.0471 e. The fourth-order valence-electron chi connectivity index (χ4n) is 3.17. The SMILES string of the molecule is OC[C@@H]1CCN(CCCC2CCCC2)C1. The topological polar surface area (TPSA) is 23.5 Å². The highest BCUT2D eigenvalue weighted by Gasteiger charge is 2.21. The first-order chi connectivity index (χ1) is 7.38. The minimum Gasteiger partial charge on any atom is -0.396 e. The Morgan fingerprint density at radius 1 is 1.07 bits per heavy atom. The highest BCUT2D eigenvalue weighted by Crippen LogP contribution is 2.28. The van der Waals surface area contributed by atoms with Crippen molar-refractivity contribution in [1.82, 2.24) is 4.90 Å². The summed E-state index contributed by atoms with van der Waals surface area (Å²) in [5, 5.41) is 9.06. The molecular weight excluding hydrogens is 186 g/mol. The van der Waals surface area contributed by atoms with E-state index in [9.17, 15) is 0 Å². The second-order valence-corrected chi connectivity index (χ2v) is 5.43. The molecule has 2 heteroatoms. The fourth-order valence-corrected chi connectivity index (χ4v) is 3.17. The molecule has 15 heavy (non-hydrogen) atoms. The molecule has 0 bridgehead atoms. The van der Waals surface area contributed by atoms with Crippen molar-refractivity contribution in [2.24, 2.45) is 11.8 Å². The lowest BCUT2D eigenvalue weighted by Crippen LogP contribution is -2.23. The molecule has 2 rings (SSSR count). The van der Waals surface area contributed by atoms with Gasteiger partial charge in [-0.3, -0.25) is 0 Å². The van der Waals surface area contributed by atoms with Crippen LogP contribution >= 0.6 is 0 Å². The van der Waals surface area contributed by atoms with Gasteiger partial charge >= 0.3 is 0 Å². The molecule has 1 atom stereocenters. The maximum absolute atomic E-state index is 9.06. The van der Waals surface area contributed by atoms with Crippen LogP contribution in [0.3, 0.4) is 0 Å². The molecule has 0 amide bonds. The molecule has 1 saturated heterocycles. The molecule has 0 radical (unpaired) electrons. The van der Waals surface area contributed by atoms with Crippen LogP contribution in [-0.2, 0) is 0 Å². The molecule has 0 aromatic rings. The number of nitrogens with zero attached hydrogens (tertiary/aromatic N) is 1. The summed E-state index contributed by atoms with van der Waals surface area (Å²) >= 11 is 0. The molecule has 1 aliphatic carbocycles. The normalized spacial score (nSPS) is 29.0. The van der Waals surface area contributed by atoms with Crippen LogP contribution in [0.1, 0.15) is 44.9 Å². The van der Waals surface area contributed by atoms with Crippen molar-refractivity contribution in [3.63, 3.8) is 0 Å². The van der Waals surface area contributed by atoms with Gasteiger partial charge in [-0.2, -0.15) is 0 Å². The van der Waals surface area contributed by atoms with Crippen LogP contribution in [0.4, 0.5) is 0 Å².